The van der Waals surface area contributed by atoms with Crippen LogP contribution in [0.1, 0.15) is 30.6 Å². The fraction of sp³-hybridized carbons (Fsp3) is 0.500. The summed E-state index contributed by atoms with van der Waals surface area (Å²) >= 11 is 1.41. The number of nitrogens with one attached hydrogen (secondary N) is 1. The van der Waals surface area contributed by atoms with Crippen molar-refractivity contribution in [2.24, 2.45) is 17.4 Å². The molecular formula is C10H16N4O2S. The van der Waals surface area contributed by atoms with Gasteiger partial charge in [-0.1, -0.05) is 13.8 Å². The normalized spacial score (nSPS) is 12.5. The van der Waals surface area contributed by atoms with E-state index in [1.807, 2.05) is 19.2 Å². The number of aromatic nitrogens is 1. The number of hydrogen-bond donors (Lipinski definition) is 3. The maximum Gasteiger partial charge on any atom is 0.318 e. The number of nitrogens with zero attached hydrogens (tertiary/aromatic N) is 1. The van der Waals surface area contributed by atoms with Crippen molar-refractivity contribution in [2.45, 2.75) is 26.3 Å². The van der Waals surface area contributed by atoms with Gasteiger partial charge >= 0.3 is 6.03 Å². The van der Waals surface area contributed by atoms with E-state index in [9.17, 15) is 9.59 Å². The molecule has 1 rings (SSSR count). The van der Waals surface area contributed by atoms with Gasteiger partial charge in [-0.25, -0.2) is 9.78 Å². The number of carbonyl (C=O) groups excluding carboxylic acids is 2. The van der Waals surface area contributed by atoms with Gasteiger partial charge in [-0.2, -0.15) is 0 Å². The molecule has 0 aliphatic carbocycles. The van der Waals surface area contributed by atoms with E-state index in [1.54, 1.807) is 5.38 Å². The molecular weight excluding hydrogens is 240 g/mol. The van der Waals surface area contributed by atoms with Gasteiger partial charge in [0.05, 0.1) is 18.2 Å². The fourth-order valence-corrected chi connectivity index (χ4v) is 2.18. The quantitative estimate of drug-likeness (QED) is 0.729. The third-order valence-corrected chi connectivity index (χ3v) is 3.17. The van der Waals surface area contributed by atoms with Crippen molar-refractivity contribution >= 4 is 23.3 Å². The molecule has 94 valence electrons. The van der Waals surface area contributed by atoms with Crippen molar-refractivity contribution < 1.29 is 9.59 Å². The first-order chi connectivity index (χ1) is 7.90. The second-order valence-electron chi connectivity index (χ2n) is 4.04. The largest absolute Gasteiger partial charge is 0.351 e. The number of nitrogens with two attached hydrogens (primary N) is 2. The molecule has 0 aliphatic rings. The second kappa shape index (κ2) is 5.74. The Hall–Kier alpha value is -1.47. The SMILES string of the molecule is CC(C)C(N)c1nc(CC(=O)NC(N)=O)cs1. The smallest absolute Gasteiger partial charge is 0.318 e. The van der Waals surface area contributed by atoms with Crippen molar-refractivity contribution in [2.75, 3.05) is 0 Å². The molecule has 3 amide bonds. The van der Waals surface area contributed by atoms with Gasteiger partial charge in [0.25, 0.3) is 0 Å². The number of hydrogen-bond acceptors (Lipinski definition) is 5. The molecule has 0 aromatic carbocycles. The first kappa shape index (κ1) is 13.6. The summed E-state index contributed by atoms with van der Waals surface area (Å²) in [6, 6.07) is -0.989. The Morgan fingerprint density at radius 3 is 2.71 bits per heavy atom. The van der Waals surface area contributed by atoms with E-state index in [0.29, 0.717) is 5.69 Å². The molecule has 17 heavy (non-hydrogen) atoms. The molecule has 0 aliphatic heterocycles. The van der Waals surface area contributed by atoms with Crippen LogP contribution in [0.2, 0.25) is 0 Å². The molecule has 0 radical (unpaired) electrons. The predicted octanol–water partition coefficient (Wildman–Crippen LogP) is 0.536. The second-order valence-corrected chi connectivity index (χ2v) is 4.93. The maximum atomic E-state index is 11.3. The summed E-state index contributed by atoms with van der Waals surface area (Å²) in [6.45, 7) is 4.01. The number of carbonyl (C=O) groups is 2. The zero-order valence-electron chi connectivity index (χ0n) is 9.77. The van der Waals surface area contributed by atoms with Gasteiger partial charge in [0.2, 0.25) is 5.91 Å². The molecule has 1 heterocycles. The van der Waals surface area contributed by atoms with Crippen LogP contribution in [-0.2, 0) is 11.2 Å². The Morgan fingerprint density at radius 1 is 1.53 bits per heavy atom. The zero-order valence-corrected chi connectivity index (χ0v) is 10.6. The molecule has 1 unspecified atom stereocenters. The van der Waals surface area contributed by atoms with E-state index in [-0.39, 0.29) is 18.4 Å². The van der Waals surface area contributed by atoms with Crippen LogP contribution in [-0.4, -0.2) is 16.9 Å². The standard InChI is InChI=1S/C10H16N4O2S/c1-5(2)8(11)9-13-6(4-17-9)3-7(15)14-10(12)16/h4-5,8H,3,11H2,1-2H3,(H3,12,14,15,16). The third-order valence-electron chi connectivity index (χ3n) is 2.18. The fourth-order valence-electron chi connectivity index (χ4n) is 1.19. The molecule has 1 aromatic rings. The average molecular weight is 256 g/mol. The van der Waals surface area contributed by atoms with Crippen LogP contribution < -0.4 is 16.8 Å². The highest BCUT2D eigenvalue weighted by Crippen LogP contribution is 2.22. The van der Waals surface area contributed by atoms with E-state index < -0.39 is 11.9 Å². The highest BCUT2D eigenvalue weighted by Gasteiger charge is 2.16. The average Bonchev–Trinajstić information content (AvgIpc) is 2.63. The highest BCUT2D eigenvalue weighted by atomic mass is 32.1. The molecule has 0 saturated heterocycles. The van der Waals surface area contributed by atoms with Gasteiger partial charge in [0.1, 0.15) is 5.01 Å². The van der Waals surface area contributed by atoms with Gasteiger partial charge in [0.15, 0.2) is 0 Å². The van der Waals surface area contributed by atoms with E-state index >= 15 is 0 Å². The molecule has 0 spiro atoms. The van der Waals surface area contributed by atoms with Gasteiger partial charge in [-0.15, -0.1) is 11.3 Å². The van der Waals surface area contributed by atoms with Crippen LogP contribution >= 0.6 is 11.3 Å². The Bertz CT molecular complexity index is 416. The lowest BCUT2D eigenvalue weighted by Crippen LogP contribution is -2.36. The summed E-state index contributed by atoms with van der Waals surface area (Å²) in [7, 11) is 0. The van der Waals surface area contributed by atoms with E-state index in [1.165, 1.54) is 11.3 Å². The Kier molecular flexibility index (Phi) is 4.59. The first-order valence-electron chi connectivity index (χ1n) is 5.19. The maximum absolute atomic E-state index is 11.3. The van der Waals surface area contributed by atoms with E-state index in [0.717, 1.165) is 5.01 Å². The zero-order chi connectivity index (χ0) is 13.0. The minimum atomic E-state index is -0.857. The number of urea groups is 1. The van der Waals surface area contributed by atoms with Crippen molar-refractivity contribution in [3.8, 4) is 0 Å². The van der Waals surface area contributed by atoms with Crippen molar-refractivity contribution in [3.05, 3.63) is 16.1 Å². The lowest BCUT2D eigenvalue weighted by atomic mass is 10.1. The summed E-state index contributed by atoms with van der Waals surface area (Å²) < 4.78 is 0. The summed E-state index contributed by atoms with van der Waals surface area (Å²) in [5, 5.41) is 4.54. The summed E-state index contributed by atoms with van der Waals surface area (Å²) in [5.74, 6) is -0.180. The van der Waals surface area contributed by atoms with Crippen molar-refractivity contribution in [3.63, 3.8) is 0 Å². The minimum absolute atomic E-state index is 0.0320. The molecule has 0 fully saturated rings. The molecule has 5 N–H and O–H groups in total. The highest BCUT2D eigenvalue weighted by molar-refractivity contribution is 7.09. The number of thiazole rings is 1. The van der Waals surface area contributed by atoms with Gasteiger partial charge < -0.3 is 11.5 Å². The van der Waals surface area contributed by atoms with Crippen LogP contribution in [0.15, 0.2) is 5.38 Å². The minimum Gasteiger partial charge on any atom is -0.351 e. The van der Waals surface area contributed by atoms with Crippen LogP contribution in [0.5, 0.6) is 0 Å². The van der Waals surface area contributed by atoms with Gasteiger partial charge in [-0.3, -0.25) is 10.1 Å². The van der Waals surface area contributed by atoms with E-state index in [4.69, 9.17) is 11.5 Å². The molecule has 7 heteroatoms. The first-order valence-corrected chi connectivity index (χ1v) is 6.07. The lowest BCUT2D eigenvalue weighted by Gasteiger charge is -2.11. The Balaban J connectivity index is 2.63. The van der Waals surface area contributed by atoms with Gasteiger partial charge in [-0.05, 0) is 5.92 Å². The third kappa shape index (κ3) is 4.12. The monoisotopic (exact) mass is 256 g/mol. The summed E-state index contributed by atoms with van der Waals surface area (Å²) in [4.78, 5) is 26.0. The number of imide groups is 1. The number of rotatable bonds is 4. The van der Waals surface area contributed by atoms with Crippen molar-refractivity contribution in [1.29, 1.82) is 0 Å². The molecule has 6 nitrogen and oxygen atoms in total. The number of amides is 3. The number of primary amides is 1. The molecule has 1 atom stereocenters. The topological polar surface area (TPSA) is 111 Å². The van der Waals surface area contributed by atoms with Crippen LogP contribution in [0, 0.1) is 5.92 Å². The Morgan fingerprint density at radius 2 is 2.18 bits per heavy atom. The Labute approximate surface area is 103 Å². The molecule has 0 bridgehead atoms. The molecule has 1 aromatic heterocycles. The summed E-state index contributed by atoms with van der Waals surface area (Å²) in [5.41, 5.74) is 11.4. The molecule has 0 saturated carbocycles. The van der Waals surface area contributed by atoms with E-state index in [2.05, 4.69) is 4.98 Å². The van der Waals surface area contributed by atoms with Crippen LogP contribution in [0.3, 0.4) is 0 Å². The van der Waals surface area contributed by atoms with Crippen LogP contribution in [0.4, 0.5) is 4.79 Å². The van der Waals surface area contributed by atoms with Crippen molar-refractivity contribution in [1.82, 2.24) is 10.3 Å². The predicted molar refractivity (Wildman–Crippen MR) is 65.3 cm³/mol. The van der Waals surface area contributed by atoms with Crippen LogP contribution in [0.25, 0.3) is 0 Å². The lowest BCUT2D eigenvalue weighted by molar-refractivity contribution is -0.119. The van der Waals surface area contributed by atoms with Gasteiger partial charge in [0, 0.05) is 5.38 Å². The summed E-state index contributed by atoms with van der Waals surface area (Å²) in [6.07, 6.45) is 0.0320.